The number of carbonyl (C=O) groups is 1. The van der Waals surface area contributed by atoms with Crippen molar-refractivity contribution in [2.75, 3.05) is 13.1 Å². The number of likely N-dealkylation sites (tertiary alicyclic amines) is 1. The lowest BCUT2D eigenvalue weighted by molar-refractivity contribution is 0.112. The molecule has 3 heteroatoms. The molecule has 2 aliphatic heterocycles. The number of rotatable bonds is 4. The molecule has 1 atom stereocenters. The van der Waals surface area contributed by atoms with Crippen molar-refractivity contribution in [3.8, 4) is 11.3 Å². The first kappa shape index (κ1) is 23.6. The summed E-state index contributed by atoms with van der Waals surface area (Å²) in [6.07, 6.45) is 15.2. The number of hydrogen-bond acceptors (Lipinski definition) is 2. The minimum absolute atomic E-state index is 0.367. The SMILES string of the molecule is C=C(C1Cc2ccccc2-c2c(C3CCCCCCC3)c3ccc(C=O)cc3n2C1)N1CCCCC1. The van der Waals surface area contributed by atoms with Crippen LogP contribution in [0.4, 0.5) is 0 Å². The normalized spacial score (nSPS) is 21.2. The number of piperidine rings is 1. The minimum Gasteiger partial charge on any atom is -0.375 e. The molecule has 0 amide bonds. The standard InChI is InChI=1S/C33H40N2O/c1-24(34-18-10-5-11-19-34)28-21-27-14-8-9-15-29(27)33-32(26-12-6-3-2-4-7-13-26)30-17-16-25(23-36)20-31(30)35(33)22-28/h8-9,14-17,20,23,26,28H,1-7,10-13,18-19,21-22H2. The van der Waals surface area contributed by atoms with Crippen LogP contribution in [0.1, 0.15) is 91.6 Å². The smallest absolute Gasteiger partial charge is 0.150 e. The van der Waals surface area contributed by atoms with Crippen LogP contribution < -0.4 is 0 Å². The second kappa shape index (κ2) is 10.3. The lowest BCUT2D eigenvalue weighted by Gasteiger charge is -2.34. The third-order valence-electron chi connectivity index (χ3n) is 9.15. The van der Waals surface area contributed by atoms with Gasteiger partial charge in [0, 0.05) is 53.3 Å². The maximum atomic E-state index is 11.8. The van der Waals surface area contributed by atoms with E-state index in [0.717, 1.165) is 37.9 Å². The van der Waals surface area contributed by atoms with E-state index in [1.807, 2.05) is 6.07 Å². The zero-order valence-electron chi connectivity index (χ0n) is 21.7. The second-order valence-corrected chi connectivity index (χ2v) is 11.4. The van der Waals surface area contributed by atoms with E-state index in [2.05, 4.69) is 52.4 Å². The van der Waals surface area contributed by atoms with Gasteiger partial charge in [-0.15, -0.1) is 0 Å². The van der Waals surface area contributed by atoms with Gasteiger partial charge in [0.05, 0.1) is 5.69 Å². The Morgan fingerprint density at radius 1 is 0.889 bits per heavy atom. The summed E-state index contributed by atoms with van der Waals surface area (Å²) >= 11 is 0. The van der Waals surface area contributed by atoms with Crippen LogP contribution in [0.2, 0.25) is 0 Å². The van der Waals surface area contributed by atoms with Gasteiger partial charge in [0.1, 0.15) is 6.29 Å². The van der Waals surface area contributed by atoms with Crippen LogP contribution in [0.3, 0.4) is 0 Å². The van der Waals surface area contributed by atoms with Crippen LogP contribution in [-0.2, 0) is 13.0 Å². The first-order valence-corrected chi connectivity index (χ1v) is 14.4. The monoisotopic (exact) mass is 480 g/mol. The maximum absolute atomic E-state index is 11.8. The lowest BCUT2D eigenvalue weighted by Crippen LogP contribution is -2.33. The molecule has 0 radical (unpaired) electrons. The van der Waals surface area contributed by atoms with E-state index in [-0.39, 0.29) is 0 Å². The van der Waals surface area contributed by atoms with Gasteiger partial charge in [-0.25, -0.2) is 0 Å². The Morgan fingerprint density at radius 3 is 2.39 bits per heavy atom. The van der Waals surface area contributed by atoms with Crippen LogP contribution in [0, 0.1) is 5.92 Å². The lowest BCUT2D eigenvalue weighted by atomic mass is 9.82. The van der Waals surface area contributed by atoms with Gasteiger partial charge in [0.2, 0.25) is 0 Å². The van der Waals surface area contributed by atoms with E-state index in [1.165, 1.54) is 97.6 Å². The number of aromatic nitrogens is 1. The largest absolute Gasteiger partial charge is 0.375 e. The molecule has 1 aliphatic carbocycles. The van der Waals surface area contributed by atoms with Gasteiger partial charge in [-0.2, -0.15) is 0 Å². The summed E-state index contributed by atoms with van der Waals surface area (Å²) in [4.78, 5) is 14.4. The van der Waals surface area contributed by atoms with E-state index in [1.54, 1.807) is 5.56 Å². The molecule has 1 unspecified atom stereocenters. The zero-order valence-corrected chi connectivity index (χ0v) is 21.7. The third kappa shape index (κ3) is 4.31. The molecule has 3 aliphatic rings. The van der Waals surface area contributed by atoms with Crippen molar-refractivity contribution >= 4 is 17.2 Å². The molecule has 3 nitrogen and oxygen atoms in total. The summed E-state index contributed by atoms with van der Waals surface area (Å²) < 4.78 is 2.59. The molecule has 0 spiro atoms. The Hall–Kier alpha value is -2.81. The molecule has 2 fully saturated rings. The fraction of sp³-hybridized carbons (Fsp3) is 0.485. The summed E-state index contributed by atoms with van der Waals surface area (Å²) in [5.41, 5.74) is 9.12. The van der Waals surface area contributed by atoms with E-state index >= 15 is 0 Å². The molecular weight excluding hydrogens is 440 g/mol. The number of carbonyl (C=O) groups excluding carboxylic acids is 1. The number of benzene rings is 2. The van der Waals surface area contributed by atoms with Gasteiger partial charge >= 0.3 is 0 Å². The first-order chi connectivity index (χ1) is 17.7. The molecule has 3 aromatic rings. The Balaban J connectivity index is 1.54. The average Bonchev–Trinajstić information content (AvgIpc) is 3.10. The molecule has 1 saturated carbocycles. The predicted octanol–water partition coefficient (Wildman–Crippen LogP) is 8.12. The van der Waals surface area contributed by atoms with Crippen molar-refractivity contribution in [1.82, 2.24) is 9.47 Å². The van der Waals surface area contributed by atoms with Gasteiger partial charge in [-0.1, -0.05) is 75.1 Å². The van der Waals surface area contributed by atoms with E-state index in [4.69, 9.17) is 0 Å². The summed E-state index contributed by atoms with van der Waals surface area (Å²) in [7, 11) is 0. The van der Waals surface area contributed by atoms with Gasteiger partial charge in [0.15, 0.2) is 0 Å². The number of aldehydes is 1. The average molecular weight is 481 g/mol. The molecular formula is C33H40N2O. The van der Waals surface area contributed by atoms with Gasteiger partial charge in [-0.05, 0) is 61.6 Å². The van der Waals surface area contributed by atoms with Crippen molar-refractivity contribution in [2.45, 2.75) is 83.1 Å². The highest BCUT2D eigenvalue weighted by atomic mass is 16.1. The fourth-order valence-corrected chi connectivity index (χ4v) is 7.25. The Labute approximate surface area is 216 Å². The van der Waals surface area contributed by atoms with Gasteiger partial charge < -0.3 is 9.47 Å². The van der Waals surface area contributed by atoms with Crippen molar-refractivity contribution in [2.24, 2.45) is 5.92 Å². The third-order valence-corrected chi connectivity index (χ3v) is 9.15. The van der Waals surface area contributed by atoms with Crippen molar-refractivity contribution < 1.29 is 4.79 Å². The molecule has 36 heavy (non-hydrogen) atoms. The van der Waals surface area contributed by atoms with Gasteiger partial charge in [0.25, 0.3) is 0 Å². The van der Waals surface area contributed by atoms with E-state index in [0.29, 0.717) is 11.8 Å². The Bertz CT molecular complexity index is 1250. The summed E-state index contributed by atoms with van der Waals surface area (Å²) in [6.45, 7) is 7.89. The van der Waals surface area contributed by atoms with Crippen LogP contribution >= 0.6 is 0 Å². The highest BCUT2D eigenvalue weighted by molar-refractivity contribution is 5.96. The molecule has 3 heterocycles. The summed E-state index contributed by atoms with van der Waals surface area (Å²) in [6, 6.07) is 15.5. The minimum atomic E-state index is 0.367. The summed E-state index contributed by atoms with van der Waals surface area (Å²) in [5, 5.41) is 1.36. The number of hydrogen-bond donors (Lipinski definition) is 0. The van der Waals surface area contributed by atoms with Crippen molar-refractivity contribution in [3.05, 3.63) is 71.4 Å². The van der Waals surface area contributed by atoms with Crippen LogP contribution in [0.5, 0.6) is 0 Å². The van der Waals surface area contributed by atoms with Crippen LogP contribution in [-0.4, -0.2) is 28.8 Å². The molecule has 188 valence electrons. The molecule has 0 N–H and O–H groups in total. The zero-order chi connectivity index (χ0) is 24.5. The van der Waals surface area contributed by atoms with Crippen molar-refractivity contribution in [3.63, 3.8) is 0 Å². The number of allylic oxidation sites excluding steroid dienone is 1. The highest BCUT2D eigenvalue weighted by Gasteiger charge is 2.32. The second-order valence-electron chi connectivity index (χ2n) is 11.4. The molecule has 2 aromatic carbocycles. The molecule has 1 aromatic heterocycles. The number of fused-ring (bicyclic) bond motifs is 5. The summed E-state index contributed by atoms with van der Waals surface area (Å²) in [5.74, 6) is 0.951. The Morgan fingerprint density at radius 2 is 1.61 bits per heavy atom. The van der Waals surface area contributed by atoms with Gasteiger partial charge in [-0.3, -0.25) is 4.79 Å². The van der Waals surface area contributed by atoms with Crippen LogP contribution in [0.15, 0.2) is 54.7 Å². The quantitative estimate of drug-likeness (QED) is 0.352. The van der Waals surface area contributed by atoms with E-state index in [9.17, 15) is 4.79 Å². The number of nitrogens with zero attached hydrogens (tertiary/aromatic N) is 2. The van der Waals surface area contributed by atoms with Crippen LogP contribution in [0.25, 0.3) is 22.2 Å². The fourth-order valence-electron chi connectivity index (χ4n) is 7.25. The first-order valence-electron chi connectivity index (χ1n) is 14.4. The maximum Gasteiger partial charge on any atom is 0.150 e. The Kier molecular flexibility index (Phi) is 6.73. The molecule has 1 saturated heterocycles. The van der Waals surface area contributed by atoms with Crippen molar-refractivity contribution in [1.29, 1.82) is 0 Å². The highest BCUT2D eigenvalue weighted by Crippen LogP contribution is 2.46. The molecule has 6 rings (SSSR count). The predicted molar refractivity (Wildman–Crippen MR) is 150 cm³/mol. The topological polar surface area (TPSA) is 25.2 Å². The molecule has 0 bridgehead atoms. The van der Waals surface area contributed by atoms with E-state index < -0.39 is 0 Å².